The predicted octanol–water partition coefficient (Wildman–Crippen LogP) is -0.0818. The Morgan fingerprint density at radius 1 is 1.41 bits per heavy atom. The summed E-state index contributed by atoms with van der Waals surface area (Å²) in [5.74, 6) is -0.229. The molecule has 0 aliphatic rings. The van der Waals surface area contributed by atoms with E-state index in [9.17, 15) is 9.59 Å². The van der Waals surface area contributed by atoms with Crippen LogP contribution in [-0.2, 0) is 4.79 Å². The van der Waals surface area contributed by atoms with Crippen molar-refractivity contribution < 1.29 is 9.59 Å². The summed E-state index contributed by atoms with van der Waals surface area (Å²) in [6.07, 6.45) is 1.37. The largest absolute Gasteiger partial charge is 0.384 e. The van der Waals surface area contributed by atoms with Gasteiger partial charge in [0, 0.05) is 12.2 Å². The summed E-state index contributed by atoms with van der Waals surface area (Å²) >= 11 is 0. The lowest BCUT2D eigenvalue weighted by atomic mass is 10.2. The molecule has 0 atom stereocenters. The molecule has 1 aromatic heterocycles. The minimum atomic E-state index is -0.351. The average molecular weight is 236 g/mol. The molecule has 0 aliphatic carbocycles. The first-order valence-electron chi connectivity index (χ1n) is 5.28. The molecule has 1 heterocycles. The number of nitrogens with one attached hydrogen (secondary N) is 2. The molecule has 0 aliphatic heterocycles. The molecule has 17 heavy (non-hydrogen) atoms. The minimum Gasteiger partial charge on any atom is -0.384 e. The van der Waals surface area contributed by atoms with E-state index in [1.807, 2.05) is 13.8 Å². The van der Waals surface area contributed by atoms with Crippen LogP contribution in [-0.4, -0.2) is 29.4 Å². The van der Waals surface area contributed by atoms with E-state index in [1.165, 1.54) is 12.3 Å². The lowest BCUT2D eigenvalue weighted by Crippen LogP contribution is -2.39. The molecule has 0 bridgehead atoms. The summed E-state index contributed by atoms with van der Waals surface area (Å²) in [7, 11) is 0. The van der Waals surface area contributed by atoms with Crippen molar-refractivity contribution in [1.29, 1.82) is 0 Å². The highest BCUT2D eigenvalue weighted by Gasteiger charge is 2.08. The first-order chi connectivity index (χ1) is 7.99. The van der Waals surface area contributed by atoms with Crippen LogP contribution < -0.4 is 16.4 Å². The number of anilines is 1. The van der Waals surface area contributed by atoms with Crippen molar-refractivity contribution in [2.45, 2.75) is 19.9 Å². The molecule has 0 saturated heterocycles. The molecule has 1 aromatic rings. The minimum absolute atomic E-state index is 0.0533. The number of amides is 2. The Labute approximate surface area is 99.6 Å². The Hall–Kier alpha value is -2.11. The van der Waals surface area contributed by atoms with Gasteiger partial charge < -0.3 is 16.4 Å². The maximum absolute atomic E-state index is 11.6. The van der Waals surface area contributed by atoms with Gasteiger partial charge in [-0.25, -0.2) is 4.98 Å². The van der Waals surface area contributed by atoms with Crippen LogP contribution in [0.15, 0.2) is 18.3 Å². The standard InChI is InChI=1S/C11H16N4O2/c1-7(2)15-10(16)6-14-11(17)8-3-4-9(12)13-5-8/h3-5,7H,6H2,1-2H3,(H2,12,13)(H,14,17)(H,15,16). The van der Waals surface area contributed by atoms with Crippen molar-refractivity contribution in [2.75, 3.05) is 12.3 Å². The van der Waals surface area contributed by atoms with Crippen LogP contribution >= 0.6 is 0 Å². The molecule has 0 fully saturated rings. The van der Waals surface area contributed by atoms with Crippen molar-refractivity contribution >= 4 is 17.6 Å². The van der Waals surface area contributed by atoms with Gasteiger partial charge in [0.15, 0.2) is 0 Å². The van der Waals surface area contributed by atoms with Gasteiger partial charge in [0.25, 0.3) is 5.91 Å². The highest BCUT2D eigenvalue weighted by atomic mass is 16.2. The first-order valence-corrected chi connectivity index (χ1v) is 5.28. The quantitative estimate of drug-likeness (QED) is 0.681. The number of carbonyl (C=O) groups is 2. The molecule has 0 spiro atoms. The van der Waals surface area contributed by atoms with Gasteiger partial charge in [-0.2, -0.15) is 0 Å². The number of hydrogen-bond acceptors (Lipinski definition) is 4. The summed E-state index contributed by atoms with van der Waals surface area (Å²) in [6, 6.07) is 3.14. The van der Waals surface area contributed by atoms with Crippen molar-refractivity contribution in [1.82, 2.24) is 15.6 Å². The maximum Gasteiger partial charge on any atom is 0.253 e. The van der Waals surface area contributed by atoms with Crippen LogP contribution in [0.5, 0.6) is 0 Å². The second kappa shape index (κ2) is 5.83. The predicted molar refractivity (Wildman–Crippen MR) is 64.3 cm³/mol. The van der Waals surface area contributed by atoms with E-state index < -0.39 is 0 Å². The van der Waals surface area contributed by atoms with E-state index in [4.69, 9.17) is 5.73 Å². The van der Waals surface area contributed by atoms with Gasteiger partial charge in [-0.3, -0.25) is 9.59 Å². The molecule has 6 heteroatoms. The number of pyridine rings is 1. The normalized spacial score (nSPS) is 10.1. The van der Waals surface area contributed by atoms with Crippen LogP contribution in [0, 0.1) is 0 Å². The third-order valence-corrected chi connectivity index (χ3v) is 1.91. The Morgan fingerprint density at radius 3 is 2.65 bits per heavy atom. The zero-order chi connectivity index (χ0) is 12.8. The molecule has 0 saturated carbocycles. The number of nitrogen functional groups attached to an aromatic ring is 1. The van der Waals surface area contributed by atoms with Crippen LogP contribution in [0.3, 0.4) is 0 Å². The zero-order valence-electron chi connectivity index (χ0n) is 9.86. The SMILES string of the molecule is CC(C)NC(=O)CNC(=O)c1ccc(N)nc1. The molecule has 2 amide bonds. The highest BCUT2D eigenvalue weighted by Crippen LogP contribution is 2.00. The average Bonchev–Trinajstić information content (AvgIpc) is 2.26. The number of hydrogen-bond donors (Lipinski definition) is 3. The van der Waals surface area contributed by atoms with E-state index in [0.717, 1.165) is 0 Å². The lowest BCUT2D eigenvalue weighted by Gasteiger charge is -2.09. The number of rotatable bonds is 4. The summed E-state index contributed by atoms with van der Waals surface area (Å²) in [4.78, 5) is 26.6. The third-order valence-electron chi connectivity index (χ3n) is 1.91. The highest BCUT2D eigenvalue weighted by molar-refractivity contribution is 5.96. The van der Waals surface area contributed by atoms with Crippen LogP contribution in [0.2, 0.25) is 0 Å². The van der Waals surface area contributed by atoms with Gasteiger partial charge >= 0.3 is 0 Å². The van der Waals surface area contributed by atoms with E-state index in [2.05, 4.69) is 15.6 Å². The van der Waals surface area contributed by atoms with Crippen molar-refractivity contribution in [3.05, 3.63) is 23.9 Å². The lowest BCUT2D eigenvalue weighted by molar-refractivity contribution is -0.120. The Balaban J connectivity index is 2.45. The number of nitrogens with zero attached hydrogens (tertiary/aromatic N) is 1. The number of aromatic nitrogens is 1. The fourth-order valence-electron chi connectivity index (χ4n) is 1.18. The van der Waals surface area contributed by atoms with Gasteiger partial charge in [-0.15, -0.1) is 0 Å². The summed E-state index contributed by atoms with van der Waals surface area (Å²) < 4.78 is 0. The summed E-state index contributed by atoms with van der Waals surface area (Å²) in [5, 5.41) is 5.16. The summed E-state index contributed by atoms with van der Waals surface area (Å²) in [5.41, 5.74) is 5.77. The number of carbonyl (C=O) groups excluding carboxylic acids is 2. The molecule has 6 nitrogen and oxygen atoms in total. The third kappa shape index (κ3) is 4.50. The van der Waals surface area contributed by atoms with Gasteiger partial charge in [-0.1, -0.05) is 0 Å². The second-order valence-electron chi connectivity index (χ2n) is 3.88. The fourth-order valence-corrected chi connectivity index (χ4v) is 1.18. The molecule has 0 aromatic carbocycles. The Kier molecular flexibility index (Phi) is 4.45. The molecular weight excluding hydrogens is 220 g/mol. The van der Waals surface area contributed by atoms with E-state index in [-0.39, 0.29) is 24.4 Å². The summed E-state index contributed by atoms with van der Waals surface area (Å²) in [6.45, 7) is 3.65. The van der Waals surface area contributed by atoms with E-state index >= 15 is 0 Å². The van der Waals surface area contributed by atoms with E-state index in [1.54, 1.807) is 6.07 Å². The first kappa shape index (κ1) is 13.0. The monoisotopic (exact) mass is 236 g/mol. The van der Waals surface area contributed by atoms with Crippen molar-refractivity contribution in [3.63, 3.8) is 0 Å². The van der Waals surface area contributed by atoms with E-state index in [0.29, 0.717) is 11.4 Å². The molecule has 92 valence electrons. The Bertz CT molecular complexity index is 400. The number of nitrogens with two attached hydrogens (primary N) is 1. The molecule has 0 unspecified atom stereocenters. The van der Waals surface area contributed by atoms with Crippen LogP contribution in [0.4, 0.5) is 5.82 Å². The zero-order valence-corrected chi connectivity index (χ0v) is 9.86. The molecule has 1 rings (SSSR count). The smallest absolute Gasteiger partial charge is 0.253 e. The molecule has 4 N–H and O–H groups in total. The second-order valence-corrected chi connectivity index (χ2v) is 3.88. The Morgan fingerprint density at radius 2 is 2.12 bits per heavy atom. The molecule has 0 radical (unpaired) electrons. The van der Waals surface area contributed by atoms with Crippen LogP contribution in [0.1, 0.15) is 24.2 Å². The van der Waals surface area contributed by atoms with Gasteiger partial charge in [0.05, 0.1) is 12.1 Å². The molecular formula is C11H16N4O2. The van der Waals surface area contributed by atoms with Gasteiger partial charge in [0.1, 0.15) is 5.82 Å². The van der Waals surface area contributed by atoms with Crippen molar-refractivity contribution in [3.8, 4) is 0 Å². The van der Waals surface area contributed by atoms with Crippen LogP contribution in [0.25, 0.3) is 0 Å². The van der Waals surface area contributed by atoms with Gasteiger partial charge in [-0.05, 0) is 26.0 Å². The van der Waals surface area contributed by atoms with Crippen molar-refractivity contribution in [2.24, 2.45) is 0 Å². The maximum atomic E-state index is 11.6. The van der Waals surface area contributed by atoms with Gasteiger partial charge in [0.2, 0.25) is 5.91 Å². The topological polar surface area (TPSA) is 97.1 Å². The fraction of sp³-hybridized carbons (Fsp3) is 0.364.